The summed E-state index contributed by atoms with van der Waals surface area (Å²) < 4.78 is 16.4. The van der Waals surface area contributed by atoms with Crippen LogP contribution in [0.4, 0.5) is 5.69 Å². The molecule has 3 aromatic rings. The van der Waals surface area contributed by atoms with Crippen LogP contribution in [0.5, 0.6) is 17.2 Å². The number of ketones is 1. The van der Waals surface area contributed by atoms with Crippen LogP contribution in [-0.2, 0) is 21.4 Å². The van der Waals surface area contributed by atoms with E-state index in [1.165, 1.54) is 19.1 Å². The van der Waals surface area contributed by atoms with Crippen molar-refractivity contribution in [3.8, 4) is 17.2 Å². The van der Waals surface area contributed by atoms with Crippen molar-refractivity contribution in [2.75, 3.05) is 26.2 Å². The van der Waals surface area contributed by atoms with E-state index in [0.29, 0.717) is 34.1 Å². The Balaban J connectivity index is 1.96. The first-order valence-corrected chi connectivity index (χ1v) is 12.9. The van der Waals surface area contributed by atoms with Crippen molar-refractivity contribution in [1.82, 2.24) is 0 Å². The van der Waals surface area contributed by atoms with Crippen molar-refractivity contribution in [2.24, 2.45) is 0 Å². The number of Topliss-reactive ketones (excluding diaryl/α,β-unsaturated/α-hetero) is 1. The molecule has 1 fully saturated rings. The lowest BCUT2D eigenvalue weighted by molar-refractivity contribution is -0.132. The normalized spacial score (nSPS) is 16.9. The number of rotatable bonds is 7. The molecule has 0 saturated carbocycles. The van der Waals surface area contributed by atoms with Gasteiger partial charge in [-0.15, -0.1) is 0 Å². The monoisotopic (exact) mass is 529 g/mol. The Labute approximate surface area is 229 Å². The Hall–Kier alpha value is -4.26. The highest BCUT2D eigenvalue weighted by molar-refractivity contribution is 6.51. The van der Waals surface area contributed by atoms with Gasteiger partial charge in [-0.3, -0.25) is 14.5 Å². The topological polar surface area (TPSA) is 85.3 Å². The van der Waals surface area contributed by atoms with Gasteiger partial charge >= 0.3 is 0 Å². The fourth-order valence-electron chi connectivity index (χ4n) is 4.92. The molecule has 39 heavy (non-hydrogen) atoms. The Kier molecular flexibility index (Phi) is 7.72. The Bertz CT molecular complexity index is 1430. The number of carbonyl (C=O) groups is 2. The third-order valence-electron chi connectivity index (χ3n) is 7.07. The lowest BCUT2D eigenvalue weighted by Crippen LogP contribution is -2.29. The Morgan fingerprint density at radius 3 is 2.03 bits per heavy atom. The summed E-state index contributed by atoms with van der Waals surface area (Å²) in [4.78, 5) is 28.6. The average Bonchev–Trinajstić information content (AvgIpc) is 3.21. The molecular formula is C32H35NO6. The summed E-state index contributed by atoms with van der Waals surface area (Å²) in [6, 6.07) is 17.2. The van der Waals surface area contributed by atoms with Crippen molar-refractivity contribution >= 4 is 23.1 Å². The van der Waals surface area contributed by atoms with Gasteiger partial charge in [-0.1, -0.05) is 52.0 Å². The number of aryl methyl sites for hydroxylation is 1. The highest BCUT2D eigenvalue weighted by Gasteiger charge is 2.47. The minimum atomic E-state index is -0.853. The predicted molar refractivity (Wildman–Crippen MR) is 152 cm³/mol. The average molecular weight is 530 g/mol. The van der Waals surface area contributed by atoms with E-state index in [2.05, 4.69) is 6.92 Å². The first-order valence-electron chi connectivity index (χ1n) is 12.9. The smallest absolute Gasteiger partial charge is 0.300 e. The first kappa shape index (κ1) is 27.8. The van der Waals surface area contributed by atoms with Gasteiger partial charge in [0.25, 0.3) is 11.7 Å². The van der Waals surface area contributed by atoms with Crippen molar-refractivity contribution in [1.29, 1.82) is 0 Å². The highest BCUT2D eigenvalue weighted by atomic mass is 16.5. The zero-order valence-electron chi connectivity index (χ0n) is 23.5. The fraction of sp³-hybridized carbons (Fsp3) is 0.312. The molecule has 1 aliphatic heterocycles. The van der Waals surface area contributed by atoms with Crippen LogP contribution in [0, 0.1) is 0 Å². The third kappa shape index (κ3) is 5.09. The zero-order valence-corrected chi connectivity index (χ0v) is 23.5. The molecule has 1 heterocycles. The summed E-state index contributed by atoms with van der Waals surface area (Å²) in [7, 11) is 4.63. The molecule has 0 aliphatic carbocycles. The largest absolute Gasteiger partial charge is 0.507 e. The number of carbonyl (C=O) groups excluding carboxylic acids is 2. The minimum Gasteiger partial charge on any atom is -0.507 e. The van der Waals surface area contributed by atoms with Crippen LogP contribution >= 0.6 is 0 Å². The van der Waals surface area contributed by atoms with Gasteiger partial charge in [0, 0.05) is 22.9 Å². The van der Waals surface area contributed by atoms with Crippen molar-refractivity contribution in [2.45, 2.75) is 45.6 Å². The Morgan fingerprint density at radius 1 is 0.846 bits per heavy atom. The number of nitrogens with zero attached hydrogens (tertiary/aromatic N) is 1. The van der Waals surface area contributed by atoms with Crippen molar-refractivity contribution < 1.29 is 28.9 Å². The molecule has 0 radical (unpaired) electrons. The quantitative estimate of drug-likeness (QED) is 0.223. The van der Waals surface area contributed by atoms with Crippen LogP contribution in [0.1, 0.15) is 56.0 Å². The van der Waals surface area contributed by atoms with Crippen LogP contribution in [0.15, 0.2) is 66.2 Å². The van der Waals surface area contributed by atoms with Gasteiger partial charge in [-0.05, 0) is 53.3 Å². The van der Waals surface area contributed by atoms with Gasteiger partial charge in [0.1, 0.15) is 11.5 Å². The summed E-state index contributed by atoms with van der Waals surface area (Å²) in [5, 5.41) is 11.6. The first-order chi connectivity index (χ1) is 18.5. The third-order valence-corrected chi connectivity index (χ3v) is 7.07. The van der Waals surface area contributed by atoms with Gasteiger partial charge in [0.15, 0.2) is 11.5 Å². The molecule has 1 aliphatic rings. The highest BCUT2D eigenvalue weighted by Crippen LogP contribution is 2.45. The summed E-state index contributed by atoms with van der Waals surface area (Å²) >= 11 is 0. The number of hydrogen-bond acceptors (Lipinski definition) is 6. The zero-order chi connectivity index (χ0) is 28.5. The predicted octanol–water partition coefficient (Wildman–Crippen LogP) is 6.20. The molecular weight excluding hydrogens is 494 g/mol. The molecule has 3 aromatic carbocycles. The van der Waals surface area contributed by atoms with Crippen LogP contribution in [-0.4, -0.2) is 38.1 Å². The molecule has 0 spiro atoms. The molecule has 7 nitrogen and oxygen atoms in total. The lowest BCUT2D eigenvalue weighted by atomic mass is 9.84. The molecule has 7 heteroatoms. The number of amides is 1. The minimum absolute atomic E-state index is 0.0176. The maximum atomic E-state index is 13.6. The number of hydrogen-bond donors (Lipinski definition) is 1. The van der Waals surface area contributed by atoms with Gasteiger partial charge in [0.2, 0.25) is 0 Å². The number of ether oxygens (including phenoxy) is 3. The van der Waals surface area contributed by atoms with E-state index >= 15 is 0 Å². The number of aliphatic hydroxyl groups is 1. The molecule has 1 N–H and O–H groups in total. The number of methoxy groups -OCH3 is 3. The van der Waals surface area contributed by atoms with E-state index in [4.69, 9.17) is 14.2 Å². The second kappa shape index (κ2) is 10.8. The van der Waals surface area contributed by atoms with Gasteiger partial charge in [-0.2, -0.15) is 0 Å². The summed E-state index contributed by atoms with van der Waals surface area (Å²) in [6.45, 7) is 8.18. The molecule has 0 aromatic heterocycles. The molecule has 0 bridgehead atoms. The molecule has 204 valence electrons. The van der Waals surface area contributed by atoms with Crippen LogP contribution < -0.4 is 19.1 Å². The maximum absolute atomic E-state index is 13.6. The van der Waals surface area contributed by atoms with E-state index in [-0.39, 0.29) is 16.7 Å². The number of aliphatic hydroxyl groups excluding tert-OH is 1. The van der Waals surface area contributed by atoms with Gasteiger partial charge in [0.05, 0.1) is 32.9 Å². The van der Waals surface area contributed by atoms with Crippen molar-refractivity contribution in [3.05, 3.63) is 88.5 Å². The Morgan fingerprint density at radius 2 is 1.46 bits per heavy atom. The SMILES string of the molecule is CCc1ccc(C2/C(=C(/O)c3ccc(OC)c(C(C)(C)C)c3)C(=O)C(=O)N2c2ccc(OC)c(OC)c2)cc1. The number of anilines is 1. The van der Waals surface area contributed by atoms with Crippen LogP contribution in [0.2, 0.25) is 0 Å². The van der Waals surface area contributed by atoms with E-state index in [1.807, 2.05) is 51.1 Å². The van der Waals surface area contributed by atoms with E-state index < -0.39 is 17.7 Å². The fourth-order valence-corrected chi connectivity index (χ4v) is 4.92. The second-order valence-electron chi connectivity index (χ2n) is 10.5. The van der Waals surface area contributed by atoms with Crippen molar-refractivity contribution in [3.63, 3.8) is 0 Å². The van der Waals surface area contributed by atoms with Gasteiger partial charge in [-0.25, -0.2) is 0 Å². The summed E-state index contributed by atoms with van der Waals surface area (Å²) in [5.41, 5.74) is 3.29. The van der Waals surface area contributed by atoms with E-state index in [0.717, 1.165) is 17.5 Å². The van der Waals surface area contributed by atoms with E-state index in [9.17, 15) is 14.7 Å². The molecule has 1 atom stereocenters. The summed E-state index contributed by atoms with van der Waals surface area (Å²) in [6.07, 6.45) is 0.845. The van der Waals surface area contributed by atoms with Crippen LogP contribution in [0.25, 0.3) is 5.76 Å². The summed E-state index contributed by atoms with van der Waals surface area (Å²) in [5.74, 6) is -0.153. The van der Waals surface area contributed by atoms with E-state index in [1.54, 1.807) is 37.4 Å². The standard InChI is InChI=1S/C32H35NO6/c1-8-19-9-11-20(12-10-19)28-27(29(34)21-13-15-24(37-5)23(17-21)32(2,3)4)30(35)31(36)33(28)22-14-16-25(38-6)26(18-22)39-7/h9-18,28,34H,8H2,1-7H3/b29-27-. The molecule has 1 unspecified atom stereocenters. The van der Waals surface area contributed by atoms with Gasteiger partial charge < -0.3 is 19.3 Å². The molecule has 4 rings (SSSR count). The van der Waals surface area contributed by atoms with Crippen LogP contribution in [0.3, 0.4) is 0 Å². The lowest BCUT2D eigenvalue weighted by Gasteiger charge is -2.26. The molecule has 1 amide bonds. The second-order valence-corrected chi connectivity index (χ2v) is 10.5. The number of benzene rings is 3. The molecule has 1 saturated heterocycles. The maximum Gasteiger partial charge on any atom is 0.300 e.